The quantitative estimate of drug-likeness (QED) is 0.522. The molecular formula is C12H17NO4. The Hall–Kier alpha value is -1.59. The molecule has 1 unspecified atom stereocenters. The van der Waals surface area contributed by atoms with E-state index in [1.54, 1.807) is 19.1 Å². The highest BCUT2D eigenvalue weighted by Gasteiger charge is 2.14. The molecule has 0 aliphatic carbocycles. The summed E-state index contributed by atoms with van der Waals surface area (Å²) < 4.78 is 4.85. The van der Waals surface area contributed by atoms with Crippen molar-refractivity contribution in [3.05, 3.63) is 28.8 Å². The van der Waals surface area contributed by atoms with Crippen molar-refractivity contribution in [1.29, 1.82) is 0 Å². The maximum absolute atomic E-state index is 11.7. The van der Waals surface area contributed by atoms with Crippen molar-refractivity contribution in [3.8, 4) is 0 Å². The van der Waals surface area contributed by atoms with Gasteiger partial charge < -0.3 is 20.7 Å². The minimum atomic E-state index is -1.05. The second-order valence-corrected chi connectivity index (χ2v) is 3.96. The van der Waals surface area contributed by atoms with Crippen LogP contribution < -0.4 is 5.73 Å². The number of hydrogen-bond acceptors (Lipinski definition) is 5. The predicted molar refractivity (Wildman–Crippen MR) is 63.7 cm³/mol. The first-order valence-electron chi connectivity index (χ1n) is 5.28. The Morgan fingerprint density at radius 1 is 1.41 bits per heavy atom. The molecule has 0 aromatic heterocycles. The van der Waals surface area contributed by atoms with Crippen LogP contribution in [-0.4, -0.2) is 35.5 Å². The standard InChI is InChI=1S/C12H17NO4/c1-7-3-8(2)11(13)4-10(7)12(16)17-6-9(15)5-14/h3-4,9,14-15H,5-6,13H2,1-2H3. The van der Waals surface area contributed by atoms with Crippen LogP contribution in [0.5, 0.6) is 0 Å². The molecule has 0 heterocycles. The molecule has 17 heavy (non-hydrogen) atoms. The summed E-state index contributed by atoms with van der Waals surface area (Å²) in [6.45, 7) is 2.96. The van der Waals surface area contributed by atoms with Gasteiger partial charge in [-0.3, -0.25) is 0 Å². The molecule has 5 heteroatoms. The number of benzene rings is 1. The van der Waals surface area contributed by atoms with Gasteiger partial charge in [-0.15, -0.1) is 0 Å². The summed E-state index contributed by atoms with van der Waals surface area (Å²) >= 11 is 0. The van der Waals surface area contributed by atoms with E-state index in [0.29, 0.717) is 11.3 Å². The zero-order chi connectivity index (χ0) is 13.0. The zero-order valence-corrected chi connectivity index (χ0v) is 9.93. The molecule has 0 amide bonds. The zero-order valence-electron chi connectivity index (χ0n) is 9.93. The molecule has 0 saturated heterocycles. The fraction of sp³-hybridized carbons (Fsp3) is 0.417. The molecule has 1 aromatic rings. The highest BCUT2D eigenvalue weighted by Crippen LogP contribution is 2.18. The largest absolute Gasteiger partial charge is 0.459 e. The fourth-order valence-electron chi connectivity index (χ4n) is 1.39. The van der Waals surface area contributed by atoms with E-state index in [-0.39, 0.29) is 6.61 Å². The normalized spacial score (nSPS) is 12.2. The molecule has 0 aliphatic heterocycles. The third kappa shape index (κ3) is 3.44. The van der Waals surface area contributed by atoms with Crippen LogP contribution in [0.2, 0.25) is 0 Å². The Morgan fingerprint density at radius 2 is 2.06 bits per heavy atom. The first-order chi connectivity index (χ1) is 7.95. The number of aliphatic hydroxyl groups excluding tert-OH is 2. The predicted octanol–water partition coefficient (Wildman–Crippen LogP) is 0.396. The van der Waals surface area contributed by atoms with Gasteiger partial charge in [0.15, 0.2) is 0 Å². The first-order valence-corrected chi connectivity index (χ1v) is 5.28. The van der Waals surface area contributed by atoms with Gasteiger partial charge in [0.05, 0.1) is 12.2 Å². The summed E-state index contributed by atoms with van der Waals surface area (Å²) in [5, 5.41) is 17.7. The Kier molecular flexibility index (Phi) is 4.48. The van der Waals surface area contributed by atoms with Crippen LogP contribution in [0, 0.1) is 13.8 Å². The van der Waals surface area contributed by atoms with Crippen molar-refractivity contribution in [2.24, 2.45) is 0 Å². The molecule has 0 bridgehead atoms. The lowest BCUT2D eigenvalue weighted by molar-refractivity contribution is 0.00928. The number of rotatable bonds is 4. The molecule has 1 atom stereocenters. The van der Waals surface area contributed by atoms with Crippen LogP contribution in [-0.2, 0) is 4.74 Å². The second-order valence-electron chi connectivity index (χ2n) is 3.96. The summed E-state index contributed by atoms with van der Waals surface area (Å²) in [5.41, 5.74) is 8.27. The van der Waals surface area contributed by atoms with Crippen molar-refractivity contribution >= 4 is 11.7 Å². The Bertz CT molecular complexity index is 417. The van der Waals surface area contributed by atoms with Gasteiger partial charge in [0.1, 0.15) is 12.7 Å². The number of carbonyl (C=O) groups excluding carboxylic acids is 1. The minimum absolute atomic E-state index is 0.234. The monoisotopic (exact) mass is 239 g/mol. The van der Waals surface area contributed by atoms with Gasteiger partial charge in [-0.05, 0) is 31.0 Å². The van der Waals surface area contributed by atoms with Crippen LogP contribution in [0.15, 0.2) is 12.1 Å². The van der Waals surface area contributed by atoms with Crippen molar-refractivity contribution in [3.63, 3.8) is 0 Å². The van der Waals surface area contributed by atoms with Crippen LogP contribution in [0.4, 0.5) is 5.69 Å². The Balaban J connectivity index is 2.79. The van der Waals surface area contributed by atoms with Crippen molar-refractivity contribution in [2.75, 3.05) is 18.9 Å². The number of ether oxygens (including phenoxy) is 1. The molecular weight excluding hydrogens is 222 g/mol. The maximum atomic E-state index is 11.7. The number of nitrogen functional groups attached to an aromatic ring is 1. The summed E-state index contributed by atoms with van der Waals surface area (Å²) in [6, 6.07) is 3.35. The number of aryl methyl sites for hydroxylation is 2. The lowest BCUT2D eigenvalue weighted by Crippen LogP contribution is -2.22. The van der Waals surface area contributed by atoms with Gasteiger partial charge in [-0.1, -0.05) is 6.07 Å². The molecule has 0 saturated carbocycles. The van der Waals surface area contributed by atoms with Gasteiger partial charge >= 0.3 is 5.97 Å². The number of hydrogen-bond donors (Lipinski definition) is 3. The average molecular weight is 239 g/mol. The van der Waals surface area contributed by atoms with Crippen LogP contribution in [0.25, 0.3) is 0 Å². The highest BCUT2D eigenvalue weighted by atomic mass is 16.5. The van der Waals surface area contributed by atoms with Gasteiger partial charge in [-0.25, -0.2) is 4.79 Å². The van der Waals surface area contributed by atoms with E-state index in [2.05, 4.69) is 0 Å². The number of esters is 1. The highest BCUT2D eigenvalue weighted by molar-refractivity contribution is 5.92. The van der Waals surface area contributed by atoms with Crippen LogP contribution in [0.1, 0.15) is 21.5 Å². The van der Waals surface area contributed by atoms with E-state index >= 15 is 0 Å². The maximum Gasteiger partial charge on any atom is 0.338 e. The Labute approximate surface area is 99.8 Å². The molecule has 5 nitrogen and oxygen atoms in total. The van der Waals surface area contributed by atoms with E-state index in [1.165, 1.54) is 0 Å². The average Bonchev–Trinajstić information content (AvgIpc) is 2.30. The fourth-order valence-corrected chi connectivity index (χ4v) is 1.39. The summed E-state index contributed by atoms with van der Waals surface area (Å²) in [7, 11) is 0. The van der Waals surface area contributed by atoms with Gasteiger partial charge in [-0.2, -0.15) is 0 Å². The van der Waals surface area contributed by atoms with Crippen LogP contribution >= 0.6 is 0 Å². The minimum Gasteiger partial charge on any atom is -0.459 e. The summed E-state index contributed by atoms with van der Waals surface area (Å²) in [5.74, 6) is -0.554. The third-order valence-corrected chi connectivity index (χ3v) is 2.45. The topological polar surface area (TPSA) is 92.8 Å². The van der Waals surface area contributed by atoms with Crippen molar-refractivity contribution in [1.82, 2.24) is 0 Å². The van der Waals surface area contributed by atoms with E-state index in [9.17, 15) is 4.79 Å². The third-order valence-electron chi connectivity index (χ3n) is 2.45. The molecule has 0 fully saturated rings. The lowest BCUT2D eigenvalue weighted by Gasteiger charge is -2.11. The van der Waals surface area contributed by atoms with E-state index in [1.807, 2.05) is 6.92 Å². The van der Waals surface area contributed by atoms with E-state index in [0.717, 1.165) is 11.1 Å². The number of carbonyl (C=O) groups is 1. The number of anilines is 1. The van der Waals surface area contributed by atoms with E-state index < -0.39 is 18.7 Å². The molecule has 1 aromatic carbocycles. The molecule has 0 radical (unpaired) electrons. The van der Waals surface area contributed by atoms with E-state index in [4.69, 9.17) is 20.7 Å². The molecule has 4 N–H and O–H groups in total. The second kappa shape index (κ2) is 5.65. The first kappa shape index (κ1) is 13.5. The summed E-state index contributed by atoms with van der Waals surface area (Å²) in [6.07, 6.45) is -1.05. The van der Waals surface area contributed by atoms with Gasteiger partial charge in [0.2, 0.25) is 0 Å². The number of aliphatic hydroxyl groups is 2. The molecule has 94 valence electrons. The van der Waals surface area contributed by atoms with Gasteiger partial charge in [0, 0.05) is 5.69 Å². The van der Waals surface area contributed by atoms with Crippen molar-refractivity contribution < 1.29 is 19.7 Å². The Morgan fingerprint density at radius 3 is 2.65 bits per heavy atom. The molecule has 0 spiro atoms. The van der Waals surface area contributed by atoms with Gasteiger partial charge in [0.25, 0.3) is 0 Å². The molecule has 0 aliphatic rings. The van der Waals surface area contributed by atoms with Crippen LogP contribution in [0.3, 0.4) is 0 Å². The lowest BCUT2D eigenvalue weighted by atomic mass is 10.0. The van der Waals surface area contributed by atoms with Crippen molar-refractivity contribution in [2.45, 2.75) is 20.0 Å². The summed E-state index contributed by atoms with van der Waals surface area (Å²) in [4.78, 5) is 11.7. The number of nitrogens with two attached hydrogens (primary N) is 1. The SMILES string of the molecule is Cc1cc(C)c(C(=O)OCC(O)CO)cc1N. The molecule has 1 rings (SSSR count). The smallest absolute Gasteiger partial charge is 0.338 e.